The van der Waals surface area contributed by atoms with E-state index in [9.17, 15) is 9.90 Å². The van der Waals surface area contributed by atoms with Crippen LogP contribution in [0.5, 0.6) is 0 Å². The first-order chi connectivity index (χ1) is 8.52. The molecule has 18 heavy (non-hydrogen) atoms. The van der Waals surface area contributed by atoms with Gasteiger partial charge in [0.1, 0.15) is 0 Å². The minimum atomic E-state index is -0.656. The Morgan fingerprint density at radius 3 is 2.44 bits per heavy atom. The molecule has 0 aromatic heterocycles. The molecule has 0 spiro atoms. The molecule has 0 heterocycles. The summed E-state index contributed by atoms with van der Waals surface area (Å²) in [5.41, 5.74) is 0.642. The van der Waals surface area contributed by atoms with Crippen LogP contribution in [-0.2, 0) is 11.3 Å². The molecule has 1 N–H and O–H groups in total. The van der Waals surface area contributed by atoms with Gasteiger partial charge in [-0.05, 0) is 37.6 Å². The summed E-state index contributed by atoms with van der Waals surface area (Å²) in [6, 6.07) is 7.68. The van der Waals surface area contributed by atoms with E-state index in [1.54, 1.807) is 0 Å². The lowest BCUT2D eigenvalue weighted by Gasteiger charge is -2.40. The molecule has 0 saturated heterocycles. The number of hydrogen-bond donors (Lipinski definition) is 1. The SMILES string of the molecule is CN(Cc1ccc(Cl)cc1)CC1(C(=O)O)CCC1. The van der Waals surface area contributed by atoms with Crippen LogP contribution in [0.3, 0.4) is 0 Å². The molecule has 0 radical (unpaired) electrons. The zero-order valence-corrected chi connectivity index (χ0v) is 11.3. The number of carboxylic acids is 1. The maximum atomic E-state index is 11.3. The lowest BCUT2D eigenvalue weighted by atomic mass is 9.68. The standard InChI is InChI=1S/C14H18ClNO2/c1-16(9-11-3-5-12(15)6-4-11)10-14(13(17)18)7-2-8-14/h3-6H,2,7-10H2,1H3,(H,17,18). The number of aliphatic carboxylic acids is 1. The van der Waals surface area contributed by atoms with Crippen LogP contribution in [0.2, 0.25) is 5.02 Å². The molecule has 0 unspecified atom stereocenters. The lowest BCUT2D eigenvalue weighted by molar-refractivity contribution is -0.156. The lowest BCUT2D eigenvalue weighted by Crippen LogP contribution is -2.46. The summed E-state index contributed by atoms with van der Waals surface area (Å²) in [6.45, 7) is 1.37. The van der Waals surface area contributed by atoms with Gasteiger partial charge in [-0.2, -0.15) is 0 Å². The molecule has 0 atom stereocenters. The van der Waals surface area contributed by atoms with Crippen LogP contribution in [0.1, 0.15) is 24.8 Å². The highest BCUT2D eigenvalue weighted by Gasteiger charge is 2.44. The van der Waals surface area contributed by atoms with E-state index in [4.69, 9.17) is 11.6 Å². The van der Waals surface area contributed by atoms with Crippen LogP contribution < -0.4 is 0 Å². The zero-order chi connectivity index (χ0) is 13.2. The minimum Gasteiger partial charge on any atom is -0.481 e. The summed E-state index contributed by atoms with van der Waals surface area (Å²) in [4.78, 5) is 13.4. The van der Waals surface area contributed by atoms with Crippen LogP contribution in [0.4, 0.5) is 0 Å². The van der Waals surface area contributed by atoms with Crippen LogP contribution in [0.15, 0.2) is 24.3 Å². The highest BCUT2D eigenvalue weighted by molar-refractivity contribution is 6.30. The summed E-state index contributed by atoms with van der Waals surface area (Å²) in [6.07, 6.45) is 2.63. The number of nitrogens with zero attached hydrogens (tertiary/aromatic N) is 1. The Morgan fingerprint density at radius 1 is 1.39 bits per heavy atom. The zero-order valence-electron chi connectivity index (χ0n) is 10.5. The van der Waals surface area contributed by atoms with Crippen LogP contribution in [0.25, 0.3) is 0 Å². The second kappa shape index (κ2) is 5.29. The van der Waals surface area contributed by atoms with Crippen molar-refractivity contribution in [1.82, 2.24) is 4.90 Å². The fraction of sp³-hybridized carbons (Fsp3) is 0.500. The van der Waals surface area contributed by atoms with Gasteiger partial charge in [0.05, 0.1) is 5.41 Å². The highest BCUT2D eigenvalue weighted by atomic mass is 35.5. The van der Waals surface area contributed by atoms with Crippen molar-refractivity contribution in [1.29, 1.82) is 0 Å². The molecule has 2 rings (SSSR count). The number of benzene rings is 1. The predicted octanol–water partition coefficient (Wildman–Crippen LogP) is 3.03. The third-order valence-corrected chi connectivity index (χ3v) is 3.95. The van der Waals surface area contributed by atoms with Crippen molar-refractivity contribution in [3.8, 4) is 0 Å². The highest BCUT2D eigenvalue weighted by Crippen LogP contribution is 2.41. The molecule has 1 aromatic rings. The number of carbonyl (C=O) groups is 1. The monoisotopic (exact) mass is 267 g/mol. The smallest absolute Gasteiger partial charge is 0.310 e. The van der Waals surface area contributed by atoms with Gasteiger partial charge in [-0.3, -0.25) is 4.79 Å². The van der Waals surface area contributed by atoms with Crippen LogP contribution in [-0.4, -0.2) is 29.6 Å². The number of rotatable bonds is 5. The van der Waals surface area contributed by atoms with E-state index in [1.165, 1.54) is 0 Å². The first kappa shape index (κ1) is 13.4. The van der Waals surface area contributed by atoms with Gasteiger partial charge in [0.15, 0.2) is 0 Å². The molecule has 1 fully saturated rings. The van der Waals surface area contributed by atoms with Crippen molar-refractivity contribution < 1.29 is 9.90 Å². The average molecular weight is 268 g/mol. The third kappa shape index (κ3) is 2.85. The normalized spacial score (nSPS) is 17.5. The molecular formula is C14H18ClNO2. The van der Waals surface area contributed by atoms with Gasteiger partial charge in [0.2, 0.25) is 0 Å². The third-order valence-electron chi connectivity index (χ3n) is 3.70. The fourth-order valence-corrected chi connectivity index (χ4v) is 2.64. The maximum absolute atomic E-state index is 11.3. The molecule has 1 aliphatic rings. The molecule has 0 bridgehead atoms. The van der Waals surface area contributed by atoms with Crippen molar-refractivity contribution in [2.45, 2.75) is 25.8 Å². The van der Waals surface area contributed by atoms with Crippen molar-refractivity contribution in [3.05, 3.63) is 34.9 Å². The first-order valence-corrected chi connectivity index (χ1v) is 6.56. The van der Waals surface area contributed by atoms with E-state index >= 15 is 0 Å². The largest absolute Gasteiger partial charge is 0.481 e. The summed E-state index contributed by atoms with van der Waals surface area (Å²) in [7, 11) is 1.97. The molecule has 1 aliphatic carbocycles. The Labute approximate surface area is 112 Å². The van der Waals surface area contributed by atoms with E-state index in [1.807, 2.05) is 31.3 Å². The van der Waals surface area contributed by atoms with E-state index in [-0.39, 0.29) is 0 Å². The van der Waals surface area contributed by atoms with Crippen molar-refractivity contribution in [2.24, 2.45) is 5.41 Å². The van der Waals surface area contributed by atoms with Crippen molar-refractivity contribution >= 4 is 17.6 Å². The minimum absolute atomic E-state index is 0.513. The van der Waals surface area contributed by atoms with Crippen LogP contribution in [0, 0.1) is 5.41 Å². The number of carboxylic acid groups (broad SMARTS) is 1. The van der Waals surface area contributed by atoms with Crippen molar-refractivity contribution in [3.63, 3.8) is 0 Å². The van der Waals surface area contributed by atoms with Gasteiger partial charge < -0.3 is 10.0 Å². The first-order valence-electron chi connectivity index (χ1n) is 6.18. The number of halogens is 1. The van der Waals surface area contributed by atoms with E-state index in [2.05, 4.69) is 4.90 Å². The molecule has 0 aliphatic heterocycles. The van der Waals surface area contributed by atoms with E-state index in [0.717, 1.165) is 36.4 Å². The van der Waals surface area contributed by atoms with E-state index < -0.39 is 11.4 Å². The topological polar surface area (TPSA) is 40.5 Å². The van der Waals surface area contributed by atoms with Gasteiger partial charge in [-0.15, -0.1) is 0 Å². The molecule has 3 nitrogen and oxygen atoms in total. The quantitative estimate of drug-likeness (QED) is 0.892. The summed E-state index contributed by atoms with van der Waals surface area (Å²) >= 11 is 5.84. The van der Waals surface area contributed by atoms with Gasteiger partial charge in [0.25, 0.3) is 0 Å². The molecule has 1 aromatic carbocycles. The fourth-order valence-electron chi connectivity index (χ4n) is 2.52. The molecule has 0 amide bonds. The van der Waals surface area contributed by atoms with Crippen LogP contribution >= 0.6 is 11.6 Å². The second-order valence-electron chi connectivity index (χ2n) is 5.24. The Kier molecular flexibility index (Phi) is 3.93. The van der Waals surface area contributed by atoms with Gasteiger partial charge >= 0.3 is 5.97 Å². The summed E-state index contributed by atoms with van der Waals surface area (Å²) < 4.78 is 0. The molecule has 4 heteroatoms. The molecular weight excluding hydrogens is 250 g/mol. The van der Waals surface area contributed by atoms with Gasteiger partial charge in [-0.1, -0.05) is 30.2 Å². The molecule has 98 valence electrons. The maximum Gasteiger partial charge on any atom is 0.310 e. The number of hydrogen-bond acceptors (Lipinski definition) is 2. The Bertz CT molecular complexity index is 426. The predicted molar refractivity (Wildman–Crippen MR) is 71.7 cm³/mol. The van der Waals surface area contributed by atoms with Gasteiger partial charge in [0, 0.05) is 18.1 Å². The summed E-state index contributed by atoms with van der Waals surface area (Å²) in [5.74, 6) is -0.656. The Morgan fingerprint density at radius 2 is 2.00 bits per heavy atom. The Hall–Kier alpha value is -1.06. The van der Waals surface area contributed by atoms with Gasteiger partial charge in [-0.25, -0.2) is 0 Å². The second-order valence-corrected chi connectivity index (χ2v) is 5.67. The van der Waals surface area contributed by atoms with Crippen molar-refractivity contribution in [2.75, 3.05) is 13.6 Å². The summed E-state index contributed by atoms with van der Waals surface area (Å²) in [5, 5.41) is 10.0. The van der Waals surface area contributed by atoms with E-state index in [0.29, 0.717) is 6.54 Å². The Balaban J connectivity index is 1.94. The molecule has 1 saturated carbocycles. The average Bonchev–Trinajstić information content (AvgIpc) is 2.26.